The lowest BCUT2D eigenvalue weighted by molar-refractivity contribution is 0.311. The Balaban J connectivity index is 1.85. The van der Waals surface area contributed by atoms with Crippen molar-refractivity contribution in [2.45, 2.75) is 13.5 Å². The van der Waals surface area contributed by atoms with Gasteiger partial charge in [-0.15, -0.1) is 0 Å². The molecular weight excluding hydrogens is 314 g/mol. The number of anilines is 2. The highest BCUT2D eigenvalue weighted by molar-refractivity contribution is 5.64. The van der Waals surface area contributed by atoms with Gasteiger partial charge < -0.3 is 15.7 Å². The van der Waals surface area contributed by atoms with Gasteiger partial charge >= 0.3 is 0 Å². The first-order chi connectivity index (χ1) is 12.3. The van der Waals surface area contributed by atoms with Gasteiger partial charge in [0.1, 0.15) is 5.82 Å². The number of pyridine rings is 1. The molecule has 0 spiro atoms. The topological polar surface area (TPSA) is 83.0 Å². The molecule has 0 aliphatic carbocycles. The van der Waals surface area contributed by atoms with Crippen LogP contribution in [0.3, 0.4) is 0 Å². The van der Waals surface area contributed by atoms with Crippen LogP contribution in [0.15, 0.2) is 54.9 Å². The molecule has 6 nitrogen and oxygen atoms in total. The third-order valence-corrected chi connectivity index (χ3v) is 3.82. The number of aliphatic hydroxyl groups excluding tert-OH is 1. The van der Waals surface area contributed by atoms with Crippen LogP contribution in [-0.2, 0) is 6.54 Å². The second-order valence-electron chi connectivity index (χ2n) is 5.63. The Kier molecular flexibility index (Phi) is 5.53. The van der Waals surface area contributed by atoms with E-state index in [1.165, 1.54) is 11.1 Å². The van der Waals surface area contributed by atoms with Crippen molar-refractivity contribution in [3.05, 3.63) is 66.0 Å². The van der Waals surface area contributed by atoms with Crippen molar-refractivity contribution in [3.63, 3.8) is 0 Å². The molecule has 0 amide bonds. The fourth-order valence-electron chi connectivity index (χ4n) is 2.45. The Morgan fingerprint density at radius 2 is 1.80 bits per heavy atom. The normalized spacial score (nSPS) is 10.5. The van der Waals surface area contributed by atoms with E-state index in [0.717, 1.165) is 17.1 Å². The summed E-state index contributed by atoms with van der Waals surface area (Å²) in [6.07, 6.45) is 3.47. The molecule has 0 bridgehead atoms. The van der Waals surface area contributed by atoms with Gasteiger partial charge in [0.25, 0.3) is 0 Å². The summed E-state index contributed by atoms with van der Waals surface area (Å²) in [7, 11) is 0. The minimum Gasteiger partial charge on any atom is -0.395 e. The minimum absolute atomic E-state index is 0.0226. The largest absolute Gasteiger partial charge is 0.395 e. The van der Waals surface area contributed by atoms with Crippen molar-refractivity contribution < 1.29 is 5.11 Å². The number of aliphatic hydroxyl groups is 1. The Morgan fingerprint density at radius 3 is 2.56 bits per heavy atom. The number of hydrogen-bond acceptors (Lipinski definition) is 6. The van der Waals surface area contributed by atoms with Crippen LogP contribution in [0.5, 0.6) is 0 Å². The molecule has 2 aromatic heterocycles. The van der Waals surface area contributed by atoms with Crippen LogP contribution in [0, 0.1) is 6.92 Å². The smallest absolute Gasteiger partial charge is 0.225 e. The number of aromatic nitrogens is 3. The van der Waals surface area contributed by atoms with Crippen LogP contribution < -0.4 is 10.6 Å². The molecule has 3 rings (SSSR count). The molecule has 0 saturated carbocycles. The van der Waals surface area contributed by atoms with Crippen LogP contribution in [0.4, 0.5) is 11.8 Å². The molecule has 1 aromatic carbocycles. The number of aryl methyl sites for hydroxylation is 1. The molecule has 0 fully saturated rings. The Morgan fingerprint density at radius 1 is 1.00 bits per heavy atom. The first-order valence-corrected chi connectivity index (χ1v) is 8.19. The Bertz CT molecular complexity index is 823. The summed E-state index contributed by atoms with van der Waals surface area (Å²) in [5, 5.41) is 15.4. The second-order valence-corrected chi connectivity index (χ2v) is 5.63. The van der Waals surface area contributed by atoms with E-state index in [0.29, 0.717) is 19.0 Å². The quantitative estimate of drug-likeness (QED) is 0.616. The zero-order valence-corrected chi connectivity index (χ0v) is 14.1. The van der Waals surface area contributed by atoms with Gasteiger partial charge in [0.15, 0.2) is 0 Å². The van der Waals surface area contributed by atoms with Gasteiger partial charge in [0.2, 0.25) is 5.95 Å². The van der Waals surface area contributed by atoms with Crippen molar-refractivity contribution in [2.75, 3.05) is 23.8 Å². The predicted octanol–water partition coefficient (Wildman–Crippen LogP) is 2.86. The van der Waals surface area contributed by atoms with Gasteiger partial charge in [-0.3, -0.25) is 4.98 Å². The van der Waals surface area contributed by atoms with Gasteiger partial charge in [-0.2, -0.15) is 4.98 Å². The van der Waals surface area contributed by atoms with E-state index < -0.39 is 0 Å². The molecule has 0 aliphatic heterocycles. The molecule has 25 heavy (non-hydrogen) atoms. The standard InChI is InChI=1S/C19H21N5O/c1-14-4-2-3-5-16(14)13-22-18-12-17(15-6-8-20-9-7-15)23-19(24-18)21-10-11-25/h2-9,12,25H,10-11,13H2,1H3,(H2,21,22,23,24). The highest BCUT2D eigenvalue weighted by Gasteiger charge is 2.07. The maximum atomic E-state index is 9.02. The van der Waals surface area contributed by atoms with Crippen LogP contribution >= 0.6 is 0 Å². The molecule has 0 atom stereocenters. The van der Waals surface area contributed by atoms with E-state index in [4.69, 9.17) is 5.11 Å². The highest BCUT2D eigenvalue weighted by Crippen LogP contribution is 2.21. The summed E-state index contributed by atoms with van der Waals surface area (Å²) in [4.78, 5) is 13.0. The first-order valence-electron chi connectivity index (χ1n) is 8.19. The zero-order valence-electron chi connectivity index (χ0n) is 14.1. The zero-order chi connectivity index (χ0) is 17.5. The molecule has 0 saturated heterocycles. The third kappa shape index (κ3) is 4.51. The number of benzene rings is 1. The van der Waals surface area contributed by atoms with Crippen LogP contribution in [0.1, 0.15) is 11.1 Å². The highest BCUT2D eigenvalue weighted by atomic mass is 16.3. The number of hydrogen-bond donors (Lipinski definition) is 3. The monoisotopic (exact) mass is 335 g/mol. The van der Waals surface area contributed by atoms with E-state index >= 15 is 0 Å². The van der Waals surface area contributed by atoms with Crippen LogP contribution in [-0.4, -0.2) is 33.2 Å². The fraction of sp³-hybridized carbons (Fsp3) is 0.211. The SMILES string of the molecule is Cc1ccccc1CNc1cc(-c2ccncc2)nc(NCCO)n1. The molecule has 3 aromatic rings. The van der Waals surface area contributed by atoms with Crippen LogP contribution in [0.2, 0.25) is 0 Å². The van der Waals surface area contributed by atoms with E-state index in [9.17, 15) is 0 Å². The maximum Gasteiger partial charge on any atom is 0.225 e. The summed E-state index contributed by atoms with van der Waals surface area (Å²) < 4.78 is 0. The van der Waals surface area contributed by atoms with Crippen LogP contribution in [0.25, 0.3) is 11.3 Å². The molecular formula is C19H21N5O. The molecule has 128 valence electrons. The van der Waals surface area contributed by atoms with Gasteiger partial charge in [0, 0.05) is 37.1 Å². The van der Waals surface area contributed by atoms with Crippen molar-refractivity contribution >= 4 is 11.8 Å². The van der Waals surface area contributed by atoms with Crippen molar-refractivity contribution in [1.82, 2.24) is 15.0 Å². The summed E-state index contributed by atoms with van der Waals surface area (Å²) in [5.74, 6) is 1.21. The van der Waals surface area contributed by atoms with Gasteiger partial charge in [-0.25, -0.2) is 4.98 Å². The molecule has 0 radical (unpaired) electrons. The molecule has 2 heterocycles. The maximum absolute atomic E-state index is 9.02. The van der Waals surface area contributed by atoms with Crippen molar-refractivity contribution in [2.24, 2.45) is 0 Å². The minimum atomic E-state index is 0.0226. The van der Waals surface area contributed by atoms with Gasteiger partial charge in [-0.05, 0) is 30.2 Å². The first kappa shape index (κ1) is 16.9. The molecule has 6 heteroatoms. The summed E-state index contributed by atoms with van der Waals surface area (Å²) in [5.41, 5.74) is 4.21. The Hall–Kier alpha value is -2.99. The second kappa shape index (κ2) is 8.21. The number of rotatable bonds is 7. The third-order valence-electron chi connectivity index (χ3n) is 3.82. The summed E-state index contributed by atoms with van der Waals surface area (Å²) in [6.45, 7) is 3.19. The number of nitrogens with zero attached hydrogens (tertiary/aromatic N) is 3. The summed E-state index contributed by atoms with van der Waals surface area (Å²) >= 11 is 0. The van der Waals surface area contributed by atoms with Crippen molar-refractivity contribution in [3.8, 4) is 11.3 Å². The van der Waals surface area contributed by atoms with Gasteiger partial charge in [-0.1, -0.05) is 24.3 Å². The predicted molar refractivity (Wildman–Crippen MR) is 99.3 cm³/mol. The van der Waals surface area contributed by atoms with E-state index in [2.05, 4.69) is 44.6 Å². The molecule has 3 N–H and O–H groups in total. The Labute approximate surface area is 147 Å². The summed E-state index contributed by atoms with van der Waals surface area (Å²) in [6, 6.07) is 14.0. The molecule has 0 unspecified atom stereocenters. The number of nitrogens with one attached hydrogen (secondary N) is 2. The average molecular weight is 335 g/mol. The average Bonchev–Trinajstić information content (AvgIpc) is 2.66. The van der Waals surface area contributed by atoms with E-state index in [-0.39, 0.29) is 6.61 Å². The van der Waals surface area contributed by atoms with E-state index in [1.807, 2.05) is 30.3 Å². The van der Waals surface area contributed by atoms with E-state index in [1.54, 1.807) is 12.4 Å². The molecule has 0 aliphatic rings. The lowest BCUT2D eigenvalue weighted by atomic mass is 10.1. The van der Waals surface area contributed by atoms with Crippen molar-refractivity contribution in [1.29, 1.82) is 0 Å². The fourth-order valence-corrected chi connectivity index (χ4v) is 2.45. The lowest BCUT2D eigenvalue weighted by Crippen LogP contribution is -2.11. The van der Waals surface area contributed by atoms with Gasteiger partial charge in [0.05, 0.1) is 12.3 Å². The lowest BCUT2D eigenvalue weighted by Gasteiger charge is -2.12.